The van der Waals surface area contributed by atoms with Gasteiger partial charge in [-0.1, -0.05) is 0 Å². The molecule has 11 heteroatoms. The fourth-order valence-corrected chi connectivity index (χ4v) is 4.51. The molecule has 11 nitrogen and oxygen atoms in total. The fraction of sp³-hybridized carbons (Fsp3) is 0.727. The predicted molar refractivity (Wildman–Crippen MR) is 127 cm³/mol. The molecule has 3 aliphatic heterocycles. The highest BCUT2D eigenvalue weighted by Crippen LogP contribution is 2.21. The van der Waals surface area contributed by atoms with Gasteiger partial charge in [-0.3, -0.25) is 9.59 Å². The van der Waals surface area contributed by atoms with Crippen LogP contribution in [0.3, 0.4) is 0 Å². The Kier molecular flexibility index (Phi) is 8.57. The fourth-order valence-electron chi connectivity index (χ4n) is 4.51. The maximum absolute atomic E-state index is 12.9. The van der Waals surface area contributed by atoms with Crippen molar-refractivity contribution in [2.45, 2.75) is 49.7 Å². The third-order valence-electron chi connectivity index (χ3n) is 6.35. The summed E-state index contributed by atoms with van der Waals surface area (Å²) < 4.78 is 0. The third-order valence-corrected chi connectivity index (χ3v) is 6.35. The van der Waals surface area contributed by atoms with Gasteiger partial charge >= 0.3 is 0 Å². The van der Waals surface area contributed by atoms with Crippen LogP contribution in [0.1, 0.15) is 19.3 Å². The molecule has 186 valence electrons. The Morgan fingerprint density at radius 1 is 1.36 bits per heavy atom. The average molecular weight is 465 g/mol. The molecule has 5 unspecified atom stereocenters. The number of hydrogen-bond donors (Lipinski definition) is 6. The van der Waals surface area contributed by atoms with Crippen LogP contribution in [0.15, 0.2) is 23.7 Å². The van der Waals surface area contributed by atoms with Crippen molar-refractivity contribution in [3.63, 3.8) is 0 Å². The van der Waals surface area contributed by atoms with Crippen LogP contribution in [0.25, 0.3) is 0 Å². The molecule has 0 aromatic rings. The number of amides is 2. The highest BCUT2D eigenvalue weighted by Gasteiger charge is 2.34. The number of rotatable bonds is 10. The Balaban J connectivity index is 1.46. The summed E-state index contributed by atoms with van der Waals surface area (Å²) in [5, 5.41) is 22.8. The van der Waals surface area contributed by atoms with Crippen molar-refractivity contribution in [3.8, 4) is 0 Å². The topological polar surface area (TPSA) is 138 Å². The zero-order valence-corrected chi connectivity index (χ0v) is 20.2. The zero-order valence-electron chi connectivity index (χ0n) is 20.2. The van der Waals surface area contributed by atoms with E-state index in [0.717, 1.165) is 18.7 Å². The van der Waals surface area contributed by atoms with E-state index in [1.165, 1.54) is 0 Å². The van der Waals surface area contributed by atoms with E-state index in [4.69, 9.17) is 5.73 Å². The first-order valence-electron chi connectivity index (χ1n) is 11.7. The number of nitrogens with two attached hydrogens (primary N) is 1. The van der Waals surface area contributed by atoms with E-state index in [2.05, 4.69) is 26.2 Å². The second kappa shape index (κ2) is 11.2. The third kappa shape index (κ3) is 6.83. The van der Waals surface area contributed by atoms with Gasteiger partial charge in [0, 0.05) is 58.1 Å². The summed E-state index contributed by atoms with van der Waals surface area (Å²) in [5.41, 5.74) is 7.29. The highest BCUT2D eigenvalue weighted by molar-refractivity contribution is 5.93. The van der Waals surface area contributed by atoms with Gasteiger partial charge in [-0.25, -0.2) is 0 Å². The number of carbonyl (C=O) groups excluding carboxylic acids is 2. The average Bonchev–Trinajstić information content (AvgIpc) is 3.43. The Hall–Kier alpha value is -2.34. The van der Waals surface area contributed by atoms with Crippen molar-refractivity contribution in [1.29, 1.82) is 0 Å². The van der Waals surface area contributed by atoms with E-state index in [1.54, 1.807) is 0 Å². The lowest BCUT2D eigenvalue weighted by molar-refractivity contribution is -0.125. The molecule has 0 aliphatic carbocycles. The number of nitrogens with zero attached hydrogens (tertiary/aromatic N) is 3. The molecule has 1 fully saturated rings. The largest absolute Gasteiger partial charge is 0.372 e. The summed E-state index contributed by atoms with van der Waals surface area (Å²) in [6.07, 6.45) is 4.97. The van der Waals surface area contributed by atoms with Crippen molar-refractivity contribution < 1.29 is 14.7 Å². The highest BCUT2D eigenvalue weighted by atomic mass is 16.3. The van der Waals surface area contributed by atoms with Crippen molar-refractivity contribution in [2.75, 3.05) is 54.4 Å². The molecule has 7 N–H and O–H groups in total. The minimum atomic E-state index is -0.759. The molecule has 0 aromatic carbocycles. The maximum atomic E-state index is 12.9. The summed E-state index contributed by atoms with van der Waals surface area (Å²) >= 11 is 0. The first kappa shape index (κ1) is 25.3. The smallest absolute Gasteiger partial charge is 0.267 e. The molecule has 1 saturated heterocycles. The van der Waals surface area contributed by atoms with Crippen LogP contribution < -0.4 is 27.0 Å². The Morgan fingerprint density at radius 3 is 2.79 bits per heavy atom. The van der Waals surface area contributed by atoms with E-state index in [0.29, 0.717) is 38.2 Å². The van der Waals surface area contributed by atoms with Crippen LogP contribution in [0, 0.1) is 0 Å². The number of aliphatic hydroxyl groups is 1. The molecule has 0 aromatic heterocycles. The molecule has 3 heterocycles. The van der Waals surface area contributed by atoms with Gasteiger partial charge in [0.05, 0.1) is 12.1 Å². The molecular weight excluding hydrogens is 424 g/mol. The molecule has 5 atom stereocenters. The monoisotopic (exact) mass is 464 g/mol. The summed E-state index contributed by atoms with van der Waals surface area (Å²) in [6.45, 7) is 2.76. The molecule has 33 heavy (non-hydrogen) atoms. The van der Waals surface area contributed by atoms with E-state index < -0.39 is 6.23 Å². The number of carbonyl (C=O) groups is 2. The van der Waals surface area contributed by atoms with Crippen molar-refractivity contribution in [2.24, 2.45) is 5.73 Å². The Bertz CT molecular complexity index is 771. The molecule has 0 bridgehead atoms. The Morgan fingerprint density at radius 2 is 2.12 bits per heavy atom. The van der Waals surface area contributed by atoms with E-state index in [-0.39, 0.29) is 36.0 Å². The summed E-state index contributed by atoms with van der Waals surface area (Å²) in [4.78, 5) is 31.2. The predicted octanol–water partition coefficient (Wildman–Crippen LogP) is -2.49. The van der Waals surface area contributed by atoms with Crippen LogP contribution >= 0.6 is 0 Å². The number of nitrogens with one attached hydrogen (secondary N) is 4. The standard InChI is InChI=1S/C22H40N8O3/c1-28(2)7-5-6-24-21(32)18-9-16(13-29(18)3)27-22(33)19-10-15(12-30(19)4)26-20(31)17-8-14(23)11-25-17/h9,12,14,16-17,19-20,25-26,31H,5-8,10-11,13,23H2,1-4H3,(H,24,32)(H,27,33). The first-order valence-corrected chi connectivity index (χ1v) is 11.7. The van der Waals surface area contributed by atoms with Gasteiger partial charge in [-0.05, 0) is 39.6 Å². The second-order valence-corrected chi connectivity index (χ2v) is 9.60. The molecule has 3 aliphatic rings. The maximum Gasteiger partial charge on any atom is 0.267 e. The molecule has 2 amide bonds. The summed E-state index contributed by atoms with van der Waals surface area (Å²) in [6, 6.07) is -0.662. The second-order valence-electron chi connectivity index (χ2n) is 9.60. The van der Waals surface area contributed by atoms with Gasteiger partial charge < -0.3 is 46.8 Å². The zero-order chi connectivity index (χ0) is 24.1. The van der Waals surface area contributed by atoms with Crippen molar-refractivity contribution >= 4 is 11.8 Å². The van der Waals surface area contributed by atoms with E-state index in [1.807, 2.05) is 50.3 Å². The van der Waals surface area contributed by atoms with Crippen LogP contribution in [0.2, 0.25) is 0 Å². The summed E-state index contributed by atoms with van der Waals surface area (Å²) in [7, 11) is 7.71. The normalized spacial score (nSPS) is 28.1. The first-order chi connectivity index (χ1) is 15.6. The lowest BCUT2D eigenvalue weighted by atomic mass is 10.1. The molecule has 0 spiro atoms. The lowest BCUT2D eigenvalue weighted by Gasteiger charge is -2.23. The van der Waals surface area contributed by atoms with Gasteiger partial charge in [0.1, 0.15) is 18.0 Å². The SMILES string of the molecule is CN(C)CCCNC(=O)C1=CC(NC(=O)C2CC(NC(O)C3CC(N)CN3)=CN2C)CN1C. The van der Waals surface area contributed by atoms with Crippen molar-refractivity contribution in [3.05, 3.63) is 23.7 Å². The van der Waals surface area contributed by atoms with Crippen LogP contribution in [0.5, 0.6) is 0 Å². The van der Waals surface area contributed by atoms with Gasteiger partial charge in [0.25, 0.3) is 5.91 Å². The lowest BCUT2D eigenvalue weighted by Crippen LogP contribution is -2.47. The molecule has 0 saturated carbocycles. The quantitative estimate of drug-likeness (QED) is 0.153. The van der Waals surface area contributed by atoms with Crippen LogP contribution in [-0.2, 0) is 9.59 Å². The van der Waals surface area contributed by atoms with Gasteiger partial charge in [-0.15, -0.1) is 0 Å². The van der Waals surface area contributed by atoms with Crippen molar-refractivity contribution in [1.82, 2.24) is 36.0 Å². The minimum Gasteiger partial charge on any atom is -0.372 e. The van der Waals surface area contributed by atoms with Gasteiger partial charge in [0.2, 0.25) is 5.91 Å². The van der Waals surface area contributed by atoms with Gasteiger partial charge in [0.15, 0.2) is 0 Å². The van der Waals surface area contributed by atoms with E-state index in [9.17, 15) is 14.7 Å². The number of hydrogen-bond acceptors (Lipinski definition) is 9. The number of likely N-dealkylation sites (N-methyl/N-ethyl adjacent to an activating group) is 2. The minimum absolute atomic E-state index is 0.0489. The number of aliphatic hydroxyl groups excluding tert-OH is 1. The molecule has 3 rings (SSSR count). The van der Waals surface area contributed by atoms with Crippen LogP contribution in [0.4, 0.5) is 0 Å². The van der Waals surface area contributed by atoms with Crippen LogP contribution in [-0.4, -0.2) is 116 Å². The van der Waals surface area contributed by atoms with E-state index >= 15 is 0 Å². The summed E-state index contributed by atoms with van der Waals surface area (Å²) in [5.74, 6) is -0.225. The molecule has 0 radical (unpaired) electrons. The Labute approximate surface area is 196 Å². The van der Waals surface area contributed by atoms with Gasteiger partial charge in [-0.2, -0.15) is 0 Å². The molecular formula is C22H40N8O3.